The zero-order chi connectivity index (χ0) is 12.3. The molecule has 0 unspecified atom stereocenters. The Kier molecular flexibility index (Phi) is 3.74. The standard InChI is InChI=1S/C13H15NO2S/c1-3-16-13(15)9-14-7-6-10-8-11(17-2)4-5-12(10)14/h4-8H,3,9H2,1-2H3. The number of fused-ring (bicyclic) bond motifs is 1. The maximum Gasteiger partial charge on any atom is 0.325 e. The molecule has 0 spiro atoms. The molecule has 0 radical (unpaired) electrons. The van der Waals surface area contributed by atoms with Crippen molar-refractivity contribution in [3.05, 3.63) is 30.5 Å². The summed E-state index contributed by atoms with van der Waals surface area (Å²) in [6, 6.07) is 8.25. The molecule has 0 fully saturated rings. The fourth-order valence-corrected chi connectivity index (χ4v) is 2.24. The number of carbonyl (C=O) groups excluding carboxylic acids is 1. The summed E-state index contributed by atoms with van der Waals surface area (Å²) < 4.78 is 6.86. The minimum atomic E-state index is -0.195. The number of esters is 1. The first-order valence-electron chi connectivity index (χ1n) is 5.53. The van der Waals surface area contributed by atoms with E-state index >= 15 is 0 Å². The fourth-order valence-electron chi connectivity index (χ4n) is 1.79. The van der Waals surface area contributed by atoms with Crippen molar-refractivity contribution in [3.63, 3.8) is 0 Å². The average molecular weight is 249 g/mol. The van der Waals surface area contributed by atoms with Crippen LogP contribution in [0.3, 0.4) is 0 Å². The Hall–Kier alpha value is -1.42. The van der Waals surface area contributed by atoms with Gasteiger partial charge in [-0.05, 0) is 37.4 Å². The third-order valence-electron chi connectivity index (χ3n) is 2.58. The van der Waals surface area contributed by atoms with Crippen LogP contribution in [0.25, 0.3) is 10.9 Å². The van der Waals surface area contributed by atoms with Crippen molar-refractivity contribution in [3.8, 4) is 0 Å². The van der Waals surface area contributed by atoms with Crippen LogP contribution in [0.15, 0.2) is 35.4 Å². The van der Waals surface area contributed by atoms with E-state index in [9.17, 15) is 4.79 Å². The second-order valence-corrected chi connectivity index (χ2v) is 4.55. The van der Waals surface area contributed by atoms with Crippen molar-refractivity contribution in [2.45, 2.75) is 18.4 Å². The van der Waals surface area contributed by atoms with Gasteiger partial charge in [0, 0.05) is 22.0 Å². The topological polar surface area (TPSA) is 31.2 Å². The lowest BCUT2D eigenvalue weighted by Crippen LogP contribution is -2.12. The molecule has 0 aliphatic heterocycles. The van der Waals surface area contributed by atoms with E-state index in [1.807, 2.05) is 29.8 Å². The molecule has 1 aromatic heterocycles. The quantitative estimate of drug-likeness (QED) is 0.616. The Labute approximate surface area is 105 Å². The molecule has 1 heterocycles. The smallest absolute Gasteiger partial charge is 0.325 e. The third kappa shape index (κ3) is 2.64. The number of hydrogen-bond acceptors (Lipinski definition) is 3. The van der Waals surface area contributed by atoms with Crippen LogP contribution in [0.2, 0.25) is 0 Å². The summed E-state index contributed by atoms with van der Waals surface area (Å²) in [7, 11) is 0. The fraction of sp³-hybridized carbons (Fsp3) is 0.308. The van der Waals surface area contributed by atoms with Crippen LogP contribution in [0.1, 0.15) is 6.92 Å². The number of rotatable bonds is 4. The predicted octanol–water partition coefficient (Wildman–Crippen LogP) is 2.93. The molecule has 0 amide bonds. The highest BCUT2D eigenvalue weighted by molar-refractivity contribution is 7.98. The summed E-state index contributed by atoms with van der Waals surface area (Å²) in [5.74, 6) is -0.195. The zero-order valence-corrected chi connectivity index (χ0v) is 10.8. The molecule has 0 aliphatic carbocycles. The SMILES string of the molecule is CCOC(=O)Cn1ccc2cc(SC)ccc21. The van der Waals surface area contributed by atoms with Gasteiger partial charge in [-0.25, -0.2) is 0 Å². The van der Waals surface area contributed by atoms with Gasteiger partial charge in [-0.3, -0.25) is 4.79 Å². The van der Waals surface area contributed by atoms with Gasteiger partial charge in [0.2, 0.25) is 0 Å². The molecule has 0 bridgehead atoms. The van der Waals surface area contributed by atoms with E-state index in [1.165, 1.54) is 4.90 Å². The van der Waals surface area contributed by atoms with E-state index in [-0.39, 0.29) is 12.5 Å². The summed E-state index contributed by atoms with van der Waals surface area (Å²) >= 11 is 1.71. The van der Waals surface area contributed by atoms with Crippen LogP contribution < -0.4 is 0 Å². The van der Waals surface area contributed by atoms with Crippen LogP contribution in [-0.2, 0) is 16.1 Å². The summed E-state index contributed by atoms with van der Waals surface area (Å²) in [6.07, 6.45) is 3.97. The molecule has 0 saturated carbocycles. The largest absolute Gasteiger partial charge is 0.465 e. The number of hydrogen-bond donors (Lipinski definition) is 0. The lowest BCUT2D eigenvalue weighted by atomic mass is 10.2. The van der Waals surface area contributed by atoms with Gasteiger partial charge in [0.15, 0.2) is 0 Å². The van der Waals surface area contributed by atoms with Crippen LogP contribution in [0.5, 0.6) is 0 Å². The van der Waals surface area contributed by atoms with Gasteiger partial charge in [0.25, 0.3) is 0 Å². The van der Waals surface area contributed by atoms with Gasteiger partial charge in [-0.1, -0.05) is 0 Å². The van der Waals surface area contributed by atoms with Crippen molar-refractivity contribution in [1.29, 1.82) is 0 Å². The highest BCUT2D eigenvalue weighted by atomic mass is 32.2. The highest BCUT2D eigenvalue weighted by Gasteiger charge is 2.06. The van der Waals surface area contributed by atoms with Crippen LogP contribution >= 0.6 is 11.8 Å². The molecule has 90 valence electrons. The van der Waals surface area contributed by atoms with Crippen molar-refractivity contribution >= 4 is 28.6 Å². The molecule has 0 aliphatic rings. The summed E-state index contributed by atoms with van der Waals surface area (Å²) in [4.78, 5) is 12.7. The lowest BCUT2D eigenvalue weighted by molar-refractivity contribution is -0.143. The first-order valence-corrected chi connectivity index (χ1v) is 6.75. The highest BCUT2D eigenvalue weighted by Crippen LogP contribution is 2.22. The van der Waals surface area contributed by atoms with E-state index in [2.05, 4.69) is 18.4 Å². The third-order valence-corrected chi connectivity index (χ3v) is 3.31. The van der Waals surface area contributed by atoms with E-state index in [4.69, 9.17) is 4.74 Å². The van der Waals surface area contributed by atoms with Crippen molar-refractivity contribution < 1.29 is 9.53 Å². The lowest BCUT2D eigenvalue weighted by Gasteiger charge is -2.05. The minimum Gasteiger partial charge on any atom is -0.465 e. The first kappa shape index (κ1) is 12.0. The molecule has 1 aromatic carbocycles. The maximum atomic E-state index is 11.4. The zero-order valence-electron chi connectivity index (χ0n) is 9.97. The second-order valence-electron chi connectivity index (χ2n) is 3.67. The Balaban J connectivity index is 2.27. The van der Waals surface area contributed by atoms with Crippen molar-refractivity contribution in [2.75, 3.05) is 12.9 Å². The summed E-state index contributed by atoms with van der Waals surface area (Å²) in [6.45, 7) is 2.51. The number of aromatic nitrogens is 1. The van der Waals surface area contributed by atoms with E-state index in [1.54, 1.807) is 11.8 Å². The van der Waals surface area contributed by atoms with Gasteiger partial charge < -0.3 is 9.30 Å². The van der Waals surface area contributed by atoms with Gasteiger partial charge in [-0.15, -0.1) is 11.8 Å². The normalized spacial score (nSPS) is 10.7. The molecular formula is C13H15NO2S. The minimum absolute atomic E-state index is 0.195. The molecule has 0 saturated heterocycles. The number of ether oxygens (including phenoxy) is 1. The van der Waals surface area contributed by atoms with E-state index < -0.39 is 0 Å². The second kappa shape index (κ2) is 5.27. The van der Waals surface area contributed by atoms with Gasteiger partial charge in [0.05, 0.1) is 6.61 Å². The molecular weight excluding hydrogens is 234 g/mol. The summed E-state index contributed by atoms with van der Waals surface area (Å²) in [5, 5.41) is 1.15. The van der Waals surface area contributed by atoms with Gasteiger partial charge >= 0.3 is 5.97 Å². The Bertz CT molecular complexity index is 533. The number of benzene rings is 1. The predicted molar refractivity (Wildman–Crippen MR) is 70.4 cm³/mol. The Morgan fingerprint density at radius 3 is 2.94 bits per heavy atom. The molecule has 0 N–H and O–H groups in total. The van der Waals surface area contributed by atoms with Crippen molar-refractivity contribution in [2.24, 2.45) is 0 Å². The van der Waals surface area contributed by atoms with Crippen LogP contribution in [0, 0.1) is 0 Å². The van der Waals surface area contributed by atoms with Gasteiger partial charge in [0.1, 0.15) is 6.54 Å². The number of carbonyl (C=O) groups is 1. The average Bonchev–Trinajstić information content (AvgIpc) is 2.72. The van der Waals surface area contributed by atoms with E-state index in [0.717, 1.165) is 10.9 Å². The van der Waals surface area contributed by atoms with Crippen LogP contribution in [-0.4, -0.2) is 23.4 Å². The van der Waals surface area contributed by atoms with E-state index in [0.29, 0.717) is 6.61 Å². The Morgan fingerprint density at radius 1 is 1.41 bits per heavy atom. The maximum absolute atomic E-state index is 11.4. The first-order chi connectivity index (χ1) is 8.24. The van der Waals surface area contributed by atoms with Gasteiger partial charge in [-0.2, -0.15) is 0 Å². The molecule has 2 aromatic rings. The molecule has 4 heteroatoms. The van der Waals surface area contributed by atoms with Crippen molar-refractivity contribution in [1.82, 2.24) is 4.57 Å². The summed E-state index contributed by atoms with van der Waals surface area (Å²) in [5.41, 5.74) is 1.07. The molecule has 17 heavy (non-hydrogen) atoms. The molecule has 0 atom stereocenters. The molecule has 3 nitrogen and oxygen atoms in total. The number of thioether (sulfide) groups is 1. The Morgan fingerprint density at radius 2 is 2.24 bits per heavy atom. The molecule has 2 rings (SSSR count). The van der Waals surface area contributed by atoms with Crippen LogP contribution in [0.4, 0.5) is 0 Å². The monoisotopic (exact) mass is 249 g/mol. The number of nitrogens with zero attached hydrogens (tertiary/aromatic N) is 1.